The Morgan fingerprint density at radius 1 is 1.25 bits per heavy atom. The van der Waals surface area contributed by atoms with Crippen molar-refractivity contribution in [3.05, 3.63) is 67.5 Å². The maximum atomic E-state index is 13.2. The Morgan fingerprint density at radius 3 is 2.65 bits per heavy atom. The second kappa shape index (κ2) is 5.95. The number of rotatable bonds is 3. The number of nitro groups is 1. The second-order valence-electron chi connectivity index (χ2n) is 3.88. The molecule has 2 aromatic carbocycles. The summed E-state index contributed by atoms with van der Waals surface area (Å²) in [5.41, 5.74) is -0.260. The fourth-order valence-corrected chi connectivity index (χ4v) is 2.16. The molecule has 0 saturated heterocycles. The van der Waals surface area contributed by atoms with Gasteiger partial charge < -0.3 is 5.32 Å². The number of benzene rings is 2. The summed E-state index contributed by atoms with van der Waals surface area (Å²) in [6.07, 6.45) is 0. The molecule has 0 aromatic heterocycles. The van der Waals surface area contributed by atoms with Gasteiger partial charge in [0.1, 0.15) is 11.4 Å². The predicted molar refractivity (Wildman–Crippen MR) is 80.2 cm³/mol. The summed E-state index contributed by atoms with van der Waals surface area (Å²) in [6, 6.07) is 9.67. The predicted octanol–water partition coefficient (Wildman–Crippen LogP) is 3.59. The van der Waals surface area contributed by atoms with Crippen LogP contribution in [0.4, 0.5) is 15.8 Å². The first kappa shape index (κ1) is 14.4. The molecule has 20 heavy (non-hydrogen) atoms. The molecule has 0 spiro atoms. The van der Waals surface area contributed by atoms with E-state index in [1.54, 1.807) is 18.2 Å². The van der Waals surface area contributed by atoms with Gasteiger partial charge in [-0.05, 0) is 52.9 Å². The normalized spacial score (nSPS) is 10.1. The molecule has 7 heteroatoms. The monoisotopic (exact) mass is 386 g/mol. The van der Waals surface area contributed by atoms with Crippen molar-refractivity contribution in [2.24, 2.45) is 0 Å². The summed E-state index contributed by atoms with van der Waals surface area (Å²) in [6.45, 7) is 0. The van der Waals surface area contributed by atoms with E-state index in [1.807, 2.05) is 6.07 Å². The zero-order valence-electron chi connectivity index (χ0n) is 9.97. The van der Waals surface area contributed by atoms with Gasteiger partial charge in [-0.3, -0.25) is 14.9 Å². The molecule has 0 aliphatic carbocycles. The molecular formula is C13H8FIN2O3. The molecule has 1 amide bonds. The van der Waals surface area contributed by atoms with Crippen LogP contribution in [0, 0.1) is 19.5 Å². The molecule has 0 saturated carbocycles. The molecule has 0 unspecified atom stereocenters. The van der Waals surface area contributed by atoms with E-state index in [-0.39, 0.29) is 5.56 Å². The van der Waals surface area contributed by atoms with Gasteiger partial charge >= 0.3 is 0 Å². The molecule has 5 nitrogen and oxygen atoms in total. The van der Waals surface area contributed by atoms with Gasteiger partial charge in [-0.1, -0.05) is 6.07 Å². The summed E-state index contributed by atoms with van der Waals surface area (Å²) in [7, 11) is 0. The number of halogens is 2. The van der Waals surface area contributed by atoms with E-state index >= 15 is 0 Å². The Morgan fingerprint density at radius 2 is 2.00 bits per heavy atom. The van der Waals surface area contributed by atoms with Crippen LogP contribution in [0.3, 0.4) is 0 Å². The van der Waals surface area contributed by atoms with E-state index in [1.165, 1.54) is 0 Å². The van der Waals surface area contributed by atoms with E-state index in [0.29, 0.717) is 5.69 Å². The van der Waals surface area contributed by atoms with Crippen molar-refractivity contribution < 1.29 is 14.1 Å². The zero-order valence-corrected chi connectivity index (χ0v) is 12.1. The van der Waals surface area contributed by atoms with Gasteiger partial charge in [0, 0.05) is 15.3 Å². The number of amides is 1. The van der Waals surface area contributed by atoms with Crippen LogP contribution < -0.4 is 5.32 Å². The van der Waals surface area contributed by atoms with Crippen molar-refractivity contribution in [3.63, 3.8) is 0 Å². The van der Waals surface area contributed by atoms with E-state index in [9.17, 15) is 19.3 Å². The molecular weight excluding hydrogens is 378 g/mol. The van der Waals surface area contributed by atoms with Crippen LogP contribution in [0.2, 0.25) is 0 Å². The highest BCUT2D eigenvalue weighted by atomic mass is 127. The number of nitrogens with zero attached hydrogens (tertiary/aromatic N) is 1. The number of carbonyl (C=O) groups is 1. The van der Waals surface area contributed by atoms with Crippen molar-refractivity contribution >= 4 is 39.9 Å². The van der Waals surface area contributed by atoms with Gasteiger partial charge in [-0.15, -0.1) is 0 Å². The van der Waals surface area contributed by atoms with Crippen molar-refractivity contribution in [1.29, 1.82) is 0 Å². The quantitative estimate of drug-likeness (QED) is 0.498. The average Bonchev–Trinajstić information content (AvgIpc) is 2.38. The first-order valence-corrected chi connectivity index (χ1v) is 6.56. The second-order valence-corrected chi connectivity index (χ2v) is 5.13. The number of carbonyl (C=O) groups excluding carboxylic acids is 1. The Balaban J connectivity index is 2.34. The molecule has 0 bridgehead atoms. The first-order chi connectivity index (χ1) is 9.47. The fraction of sp³-hybridized carbons (Fsp3) is 0. The highest BCUT2D eigenvalue weighted by molar-refractivity contribution is 14.1. The lowest BCUT2D eigenvalue weighted by atomic mass is 10.1. The fourth-order valence-electron chi connectivity index (χ4n) is 1.61. The molecule has 0 heterocycles. The SMILES string of the molecule is O=C(Nc1cccc(I)c1)c1cc(F)ccc1[N+](=O)[O-]. The molecule has 2 aromatic rings. The van der Waals surface area contributed by atoms with Crippen LogP contribution in [-0.4, -0.2) is 10.8 Å². The van der Waals surface area contributed by atoms with Crippen LogP contribution in [0.15, 0.2) is 42.5 Å². The van der Waals surface area contributed by atoms with Gasteiger partial charge in [-0.2, -0.15) is 0 Å². The average molecular weight is 386 g/mol. The Hall–Kier alpha value is -2.03. The third kappa shape index (κ3) is 3.29. The maximum Gasteiger partial charge on any atom is 0.282 e. The van der Waals surface area contributed by atoms with Crippen LogP contribution in [0.25, 0.3) is 0 Å². The number of anilines is 1. The molecule has 2 rings (SSSR count). The molecule has 0 atom stereocenters. The topological polar surface area (TPSA) is 72.2 Å². The zero-order chi connectivity index (χ0) is 14.7. The van der Waals surface area contributed by atoms with E-state index in [2.05, 4.69) is 27.9 Å². The van der Waals surface area contributed by atoms with Gasteiger partial charge in [0.15, 0.2) is 0 Å². The van der Waals surface area contributed by atoms with E-state index in [0.717, 1.165) is 21.8 Å². The summed E-state index contributed by atoms with van der Waals surface area (Å²) < 4.78 is 14.1. The van der Waals surface area contributed by atoms with Crippen LogP contribution in [0.1, 0.15) is 10.4 Å². The van der Waals surface area contributed by atoms with Crippen molar-refractivity contribution in [2.75, 3.05) is 5.32 Å². The highest BCUT2D eigenvalue weighted by Gasteiger charge is 2.21. The summed E-state index contributed by atoms with van der Waals surface area (Å²) in [4.78, 5) is 22.1. The van der Waals surface area contributed by atoms with Gasteiger partial charge in [0.25, 0.3) is 11.6 Å². The molecule has 0 radical (unpaired) electrons. The maximum absolute atomic E-state index is 13.2. The smallest absolute Gasteiger partial charge is 0.282 e. The molecule has 1 N–H and O–H groups in total. The van der Waals surface area contributed by atoms with Crippen molar-refractivity contribution in [2.45, 2.75) is 0 Å². The molecule has 0 aliphatic rings. The van der Waals surface area contributed by atoms with Crippen molar-refractivity contribution in [1.82, 2.24) is 0 Å². The lowest BCUT2D eigenvalue weighted by molar-refractivity contribution is -0.385. The van der Waals surface area contributed by atoms with E-state index < -0.39 is 22.3 Å². The van der Waals surface area contributed by atoms with E-state index in [4.69, 9.17) is 0 Å². The van der Waals surface area contributed by atoms with Crippen LogP contribution in [-0.2, 0) is 0 Å². The van der Waals surface area contributed by atoms with Gasteiger partial charge in [0.05, 0.1) is 4.92 Å². The highest BCUT2D eigenvalue weighted by Crippen LogP contribution is 2.21. The Labute approximate surface area is 127 Å². The summed E-state index contributed by atoms with van der Waals surface area (Å²) in [5.74, 6) is -1.43. The lowest BCUT2D eigenvalue weighted by Gasteiger charge is -2.06. The molecule has 102 valence electrons. The number of nitro benzene ring substituents is 1. The van der Waals surface area contributed by atoms with Crippen molar-refractivity contribution in [3.8, 4) is 0 Å². The minimum absolute atomic E-state index is 0.311. The first-order valence-electron chi connectivity index (χ1n) is 5.48. The minimum atomic E-state index is -0.724. The van der Waals surface area contributed by atoms with Crippen LogP contribution >= 0.6 is 22.6 Å². The molecule has 0 fully saturated rings. The third-order valence-corrected chi connectivity index (χ3v) is 3.15. The van der Waals surface area contributed by atoms with Crippen LogP contribution in [0.5, 0.6) is 0 Å². The Kier molecular flexibility index (Phi) is 4.28. The number of hydrogen-bond donors (Lipinski definition) is 1. The summed E-state index contributed by atoms with van der Waals surface area (Å²) >= 11 is 2.07. The Bertz CT molecular complexity index is 691. The lowest BCUT2D eigenvalue weighted by Crippen LogP contribution is -2.14. The molecule has 0 aliphatic heterocycles. The summed E-state index contributed by atoms with van der Waals surface area (Å²) in [5, 5.41) is 13.4. The standard InChI is InChI=1S/C13H8FIN2O3/c14-8-4-5-12(17(19)20)11(6-8)13(18)16-10-3-1-2-9(15)7-10/h1-7H,(H,16,18). The minimum Gasteiger partial charge on any atom is -0.322 e. The number of nitrogens with one attached hydrogen (secondary N) is 1. The van der Waals surface area contributed by atoms with Gasteiger partial charge in [-0.25, -0.2) is 4.39 Å². The number of hydrogen-bond acceptors (Lipinski definition) is 3. The third-order valence-electron chi connectivity index (χ3n) is 2.48. The largest absolute Gasteiger partial charge is 0.322 e. The van der Waals surface area contributed by atoms with Gasteiger partial charge in [0.2, 0.25) is 0 Å².